The van der Waals surface area contributed by atoms with Crippen molar-refractivity contribution in [2.75, 3.05) is 18.9 Å². The number of rotatable bonds is 1. The first-order valence-electron chi connectivity index (χ1n) is 9.32. The Morgan fingerprint density at radius 1 is 1.28 bits per heavy atom. The van der Waals surface area contributed by atoms with Crippen LogP contribution in [0.2, 0.25) is 5.02 Å². The van der Waals surface area contributed by atoms with Gasteiger partial charge in [-0.2, -0.15) is 5.10 Å². The van der Waals surface area contributed by atoms with E-state index in [1.165, 1.54) is 4.90 Å². The number of fused-ring (bicyclic) bond motifs is 3. The third-order valence-electron chi connectivity index (χ3n) is 5.41. The lowest BCUT2D eigenvalue weighted by molar-refractivity contribution is 0.0793. The van der Waals surface area contributed by atoms with Gasteiger partial charge in [-0.3, -0.25) is 9.48 Å². The molecular formula is C19H20ClF2N5O2. The summed E-state index contributed by atoms with van der Waals surface area (Å²) in [5.41, 5.74) is 1.82. The molecular weight excluding hydrogens is 404 g/mol. The molecule has 10 heteroatoms. The molecule has 1 aromatic heterocycles. The number of urea groups is 1. The number of carbonyl (C=O) groups excluding carboxylic acids is 2. The molecule has 2 aliphatic rings. The predicted octanol–water partition coefficient (Wildman–Crippen LogP) is 3.27. The van der Waals surface area contributed by atoms with Crippen LogP contribution < -0.4 is 5.32 Å². The first-order valence-corrected chi connectivity index (χ1v) is 9.70. The fourth-order valence-corrected chi connectivity index (χ4v) is 3.98. The average Bonchev–Trinajstić information content (AvgIpc) is 2.94. The highest BCUT2D eigenvalue weighted by Gasteiger charge is 2.35. The van der Waals surface area contributed by atoms with Gasteiger partial charge in [0.2, 0.25) is 0 Å². The summed E-state index contributed by atoms with van der Waals surface area (Å²) in [5, 5.41) is 6.76. The molecule has 0 unspecified atom stereocenters. The van der Waals surface area contributed by atoms with Crippen molar-refractivity contribution in [3.63, 3.8) is 0 Å². The monoisotopic (exact) mass is 423 g/mol. The van der Waals surface area contributed by atoms with Crippen LogP contribution in [0.1, 0.15) is 35.1 Å². The molecule has 1 atom stereocenters. The number of carbonyl (C=O) groups is 2. The quantitative estimate of drug-likeness (QED) is 0.716. The number of amides is 3. The van der Waals surface area contributed by atoms with Gasteiger partial charge in [-0.1, -0.05) is 11.6 Å². The van der Waals surface area contributed by atoms with E-state index in [-0.39, 0.29) is 29.2 Å². The Hall–Kier alpha value is -2.68. The van der Waals surface area contributed by atoms with Crippen LogP contribution in [-0.4, -0.2) is 51.2 Å². The van der Waals surface area contributed by atoms with Gasteiger partial charge in [-0.15, -0.1) is 0 Å². The van der Waals surface area contributed by atoms with Crippen LogP contribution in [0.15, 0.2) is 12.1 Å². The minimum Gasteiger partial charge on any atom is -0.340 e. The minimum atomic E-state index is -0.915. The van der Waals surface area contributed by atoms with E-state index in [1.807, 2.05) is 6.92 Å². The third kappa shape index (κ3) is 3.43. The highest BCUT2D eigenvalue weighted by atomic mass is 35.5. The van der Waals surface area contributed by atoms with Gasteiger partial charge >= 0.3 is 6.03 Å². The smallest absolute Gasteiger partial charge is 0.322 e. The van der Waals surface area contributed by atoms with Gasteiger partial charge in [0.1, 0.15) is 17.3 Å². The molecule has 0 radical (unpaired) electrons. The van der Waals surface area contributed by atoms with E-state index >= 15 is 0 Å². The number of aromatic nitrogens is 2. The third-order valence-corrected chi connectivity index (χ3v) is 5.70. The van der Waals surface area contributed by atoms with Gasteiger partial charge in [0, 0.05) is 44.2 Å². The summed E-state index contributed by atoms with van der Waals surface area (Å²) in [7, 11) is 1.74. The Morgan fingerprint density at radius 2 is 2.03 bits per heavy atom. The lowest BCUT2D eigenvalue weighted by Crippen LogP contribution is -2.45. The van der Waals surface area contributed by atoms with E-state index in [4.69, 9.17) is 11.6 Å². The van der Waals surface area contributed by atoms with Crippen LogP contribution >= 0.6 is 11.6 Å². The fourth-order valence-electron chi connectivity index (χ4n) is 3.81. The van der Waals surface area contributed by atoms with Crippen molar-refractivity contribution in [1.29, 1.82) is 0 Å². The average molecular weight is 424 g/mol. The molecule has 0 spiro atoms. The maximum atomic E-state index is 14.0. The van der Waals surface area contributed by atoms with Crippen molar-refractivity contribution in [1.82, 2.24) is 19.6 Å². The number of aryl methyl sites for hydroxylation is 1. The Labute approximate surface area is 171 Å². The number of halogens is 3. The molecule has 0 bridgehead atoms. The molecule has 4 rings (SSSR count). The molecule has 29 heavy (non-hydrogen) atoms. The first kappa shape index (κ1) is 19.6. The van der Waals surface area contributed by atoms with Gasteiger partial charge in [0.05, 0.1) is 22.9 Å². The summed E-state index contributed by atoms with van der Waals surface area (Å²) < 4.78 is 29.1. The van der Waals surface area contributed by atoms with Crippen LogP contribution in [0.4, 0.5) is 19.3 Å². The van der Waals surface area contributed by atoms with E-state index in [2.05, 4.69) is 10.4 Å². The Morgan fingerprint density at radius 3 is 2.79 bits per heavy atom. The zero-order valence-corrected chi connectivity index (χ0v) is 16.8. The van der Waals surface area contributed by atoms with Gasteiger partial charge in [-0.25, -0.2) is 13.6 Å². The summed E-state index contributed by atoms with van der Waals surface area (Å²) >= 11 is 5.70. The van der Waals surface area contributed by atoms with E-state index in [9.17, 15) is 18.4 Å². The molecule has 3 amide bonds. The molecule has 1 aromatic carbocycles. The van der Waals surface area contributed by atoms with Gasteiger partial charge in [-0.05, 0) is 19.4 Å². The lowest BCUT2D eigenvalue weighted by atomic mass is 9.99. The number of nitrogens with zero attached hydrogens (tertiary/aromatic N) is 4. The van der Waals surface area contributed by atoms with E-state index < -0.39 is 17.7 Å². The maximum absolute atomic E-state index is 14.0. The molecule has 7 nitrogen and oxygen atoms in total. The highest BCUT2D eigenvalue weighted by molar-refractivity contribution is 6.31. The second-order valence-corrected chi connectivity index (χ2v) is 7.84. The lowest BCUT2D eigenvalue weighted by Gasteiger charge is -2.33. The Balaban J connectivity index is 1.62. The second kappa shape index (κ2) is 7.29. The molecule has 0 saturated heterocycles. The minimum absolute atomic E-state index is 0.123. The van der Waals surface area contributed by atoms with Gasteiger partial charge in [0.15, 0.2) is 0 Å². The molecule has 2 aliphatic heterocycles. The van der Waals surface area contributed by atoms with Crippen molar-refractivity contribution in [3.8, 4) is 0 Å². The Bertz CT molecular complexity index is 1010. The van der Waals surface area contributed by atoms with E-state index in [1.54, 1.807) is 16.6 Å². The largest absolute Gasteiger partial charge is 0.340 e. The van der Waals surface area contributed by atoms with Gasteiger partial charge in [0.25, 0.3) is 5.91 Å². The first-order chi connectivity index (χ1) is 13.8. The molecule has 0 fully saturated rings. The van der Waals surface area contributed by atoms with Crippen molar-refractivity contribution < 1.29 is 18.4 Å². The number of anilines is 1. The van der Waals surface area contributed by atoms with E-state index in [0.29, 0.717) is 31.3 Å². The number of benzene rings is 1. The predicted molar refractivity (Wildman–Crippen MR) is 103 cm³/mol. The van der Waals surface area contributed by atoms with Crippen molar-refractivity contribution >= 4 is 29.2 Å². The topological polar surface area (TPSA) is 70.5 Å². The van der Waals surface area contributed by atoms with Crippen molar-refractivity contribution in [3.05, 3.63) is 45.7 Å². The summed E-state index contributed by atoms with van der Waals surface area (Å²) in [4.78, 5) is 28.8. The normalized spacial score (nSPS) is 18.9. The van der Waals surface area contributed by atoms with Crippen LogP contribution in [0.25, 0.3) is 0 Å². The Kier molecular flexibility index (Phi) is 4.94. The zero-order chi connectivity index (χ0) is 20.9. The standard InChI is InChI=1S/C19H20ClF2N5O2/c1-10-6-15-11(17-18(28)25(2)4-3-5-27(17)24-15)9-26(10)19(29)23-16-7-12(20)13(21)8-14(16)22/h7-8,10H,3-6,9H2,1-2H3,(H,23,29)/t10-/m1/s1. The molecule has 154 valence electrons. The summed E-state index contributed by atoms with van der Waals surface area (Å²) in [6.07, 6.45) is 1.28. The summed E-state index contributed by atoms with van der Waals surface area (Å²) in [6.45, 7) is 3.31. The zero-order valence-electron chi connectivity index (χ0n) is 16.0. The number of hydrogen-bond acceptors (Lipinski definition) is 3. The van der Waals surface area contributed by atoms with Crippen LogP contribution in [-0.2, 0) is 19.5 Å². The summed E-state index contributed by atoms with van der Waals surface area (Å²) in [6, 6.07) is 0.892. The second-order valence-electron chi connectivity index (χ2n) is 7.43. The van der Waals surface area contributed by atoms with Gasteiger partial charge < -0.3 is 15.1 Å². The summed E-state index contributed by atoms with van der Waals surface area (Å²) in [5.74, 6) is -1.94. The maximum Gasteiger partial charge on any atom is 0.322 e. The van der Waals surface area contributed by atoms with Crippen LogP contribution in [0.3, 0.4) is 0 Å². The fraction of sp³-hybridized carbons (Fsp3) is 0.421. The van der Waals surface area contributed by atoms with Crippen LogP contribution in [0, 0.1) is 11.6 Å². The number of hydrogen-bond donors (Lipinski definition) is 1. The van der Waals surface area contributed by atoms with E-state index in [0.717, 1.165) is 23.7 Å². The highest BCUT2D eigenvalue weighted by Crippen LogP contribution is 2.29. The molecule has 3 heterocycles. The van der Waals surface area contributed by atoms with Crippen molar-refractivity contribution in [2.45, 2.75) is 38.9 Å². The molecule has 0 saturated carbocycles. The molecule has 1 N–H and O–H groups in total. The number of nitrogens with one attached hydrogen (secondary N) is 1. The SMILES string of the molecule is C[C@@H]1Cc2nn3c(c2CN1C(=O)Nc1cc(Cl)c(F)cc1F)C(=O)N(C)CCC3. The van der Waals surface area contributed by atoms with Crippen molar-refractivity contribution in [2.24, 2.45) is 0 Å². The molecule has 2 aromatic rings. The molecule has 0 aliphatic carbocycles. The van der Waals surface area contributed by atoms with Crippen LogP contribution in [0.5, 0.6) is 0 Å².